The fourth-order valence-electron chi connectivity index (χ4n) is 1.93. The number of nitrogens with one attached hydrogen (secondary N) is 1. The molecule has 0 spiro atoms. The van der Waals surface area contributed by atoms with E-state index >= 15 is 0 Å². The Bertz CT molecular complexity index is 841. The second kappa shape index (κ2) is 5.41. The molecule has 0 saturated heterocycles. The van der Waals surface area contributed by atoms with Crippen molar-refractivity contribution >= 4 is 18.4 Å². The molecule has 0 aliphatic heterocycles. The van der Waals surface area contributed by atoms with Crippen molar-refractivity contribution in [2.24, 2.45) is 5.10 Å². The molecule has 3 heterocycles. The van der Waals surface area contributed by atoms with E-state index in [1.165, 1.54) is 4.68 Å². The third-order valence-electron chi connectivity index (χ3n) is 2.83. The fraction of sp³-hybridized carbons (Fsp3) is 0.154. The molecular weight excluding hydrogens is 286 g/mol. The summed E-state index contributed by atoms with van der Waals surface area (Å²) in [6, 6.07) is 7.56. The van der Waals surface area contributed by atoms with Crippen LogP contribution in [0, 0.1) is 18.6 Å². The maximum atomic E-state index is 5.21. The van der Waals surface area contributed by atoms with Gasteiger partial charge in [-0.25, -0.2) is 9.78 Å². The molecule has 0 fully saturated rings. The average molecular weight is 299 g/mol. The Labute approximate surface area is 126 Å². The first-order chi connectivity index (χ1) is 10.1. The normalized spacial score (nSPS) is 11.3. The second-order valence-electron chi connectivity index (χ2n) is 4.48. The van der Waals surface area contributed by atoms with Crippen molar-refractivity contribution in [3.63, 3.8) is 0 Å². The number of aryl methyl sites for hydroxylation is 2. The van der Waals surface area contributed by atoms with Gasteiger partial charge in [-0.15, -0.1) is 5.10 Å². The van der Waals surface area contributed by atoms with E-state index in [1.807, 2.05) is 38.1 Å². The zero-order valence-electron chi connectivity index (χ0n) is 11.6. The van der Waals surface area contributed by atoms with Gasteiger partial charge < -0.3 is 0 Å². The van der Waals surface area contributed by atoms with E-state index in [-0.39, 0.29) is 0 Å². The molecule has 0 bridgehead atoms. The molecule has 0 saturated carbocycles. The number of pyridine rings is 1. The molecule has 8 heteroatoms. The predicted octanol–water partition coefficient (Wildman–Crippen LogP) is 2.02. The van der Waals surface area contributed by atoms with Crippen molar-refractivity contribution in [3.8, 4) is 5.95 Å². The first kappa shape index (κ1) is 13.4. The van der Waals surface area contributed by atoms with E-state index in [1.54, 1.807) is 17.1 Å². The third-order valence-corrected chi connectivity index (χ3v) is 3.09. The molecule has 0 amide bonds. The van der Waals surface area contributed by atoms with E-state index in [2.05, 4.69) is 25.4 Å². The number of aromatic nitrogens is 6. The number of hydrogen-bond donors (Lipinski definition) is 1. The van der Waals surface area contributed by atoms with Crippen LogP contribution in [0.25, 0.3) is 5.95 Å². The minimum absolute atomic E-state index is 0.393. The molecule has 3 aromatic rings. The minimum atomic E-state index is 0.393. The summed E-state index contributed by atoms with van der Waals surface area (Å²) in [6.45, 7) is 3.87. The summed E-state index contributed by atoms with van der Waals surface area (Å²) in [6.07, 6.45) is 3.33. The number of rotatable bonds is 3. The van der Waals surface area contributed by atoms with Gasteiger partial charge in [-0.05, 0) is 44.3 Å². The molecule has 1 N–H and O–H groups in total. The van der Waals surface area contributed by atoms with Gasteiger partial charge in [-0.3, -0.25) is 4.98 Å². The van der Waals surface area contributed by atoms with Crippen LogP contribution in [0.4, 0.5) is 0 Å². The fourth-order valence-corrected chi connectivity index (χ4v) is 2.10. The molecule has 0 aromatic carbocycles. The van der Waals surface area contributed by atoms with Crippen LogP contribution in [0.5, 0.6) is 0 Å². The summed E-state index contributed by atoms with van der Waals surface area (Å²) < 4.78 is 3.60. The van der Waals surface area contributed by atoms with Crippen LogP contribution >= 0.6 is 12.2 Å². The lowest BCUT2D eigenvalue weighted by Gasteiger charge is -2.02. The summed E-state index contributed by atoms with van der Waals surface area (Å²) in [5.41, 5.74) is 2.59. The summed E-state index contributed by atoms with van der Waals surface area (Å²) >= 11 is 5.21. The maximum absolute atomic E-state index is 5.21. The maximum Gasteiger partial charge on any atom is 0.271 e. The lowest BCUT2D eigenvalue weighted by molar-refractivity contribution is 0.714. The molecule has 3 aromatic heterocycles. The second-order valence-corrected chi connectivity index (χ2v) is 4.87. The summed E-state index contributed by atoms with van der Waals surface area (Å²) in [7, 11) is 0. The molecule has 3 rings (SSSR count). The van der Waals surface area contributed by atoms with Gasteiger partial charge in [0.1, 0.15) is 0 Å². The lowest BCUT2D eigenvalue weighted by atomic mass is 10.4. The van der Waals surface area contributed by atoms with Crippen LogP contribution in [-0.2, 0) is 0 Å². The standard InChI is InChI=1S/C13H13N7S/c1-9-7-10(2)19(18-9)12-16-17-13(21)20(12)15-8-11-5-3-4-6-14-11/h3-8H,1-2H3,(H,17,21)/b15-8-. The van der Waals surface area contributed by atoms with Crippen LogP contribution in [0.15, 0.2) is 35.6 Å². The predicted molar refractivity (Wildman–Crippen MR) is 81.2 cm³/mol. The Morgan fingerprint density at radius 3 is 2.86 bits per heavy atom. The van der Waals surface area contributed by atoms with Crippen LogP contribution < -0.4 is 0 Å². The zero-order chi connectivity index (χ0) is 14.8. The monoisotopic (exact) mass is 299 g/mol. The zero-order valence-corrected chi connectivity index (χ0v) is 12.4. The Morgan fingerprint density at radius 2 is 2.19 bits per heavy atom. The van der Waals surface area contributed by atoms with E-state index in [0.29, 0.717) is 10.7 Å². The van der Waals surface area contributed by atoms with Crippen molar-refractivity contribution in [1.29, 1.82) is 0 Å². The van der Waals surface area contributed by atoms with E-state index in [0.717, 1.165) is 17.1 Å². The highest BCUT2D eigenvalue weighted by Crippen LogP contribution is 2.10. The summed E-state index contributed by atoms with van der Waals surface area (Å²) in [5, 5.41) is 15.6. The highest BCUT2D eigenvalue weighted by Gasteiger charge is 2.11. The van der Waals surface area contributed by atoms with Crippen LogP contribution in [-0.4, -0.2) is 35.9 Å². The van der Waals surface area contributed by atoms with Gasteiger partial charge in [-0.2, -0.15) is 14.9 Å². The Morgan fingerprint density at radius 1 is 1.33 bits per heavy atom. The summed E-state index contributed by atoms with van der Waals surface area (Å²) in [5.74, 6) is 0.512. The number of hydrogen-bond acceptors (Lipinski definition) is 5. The number of aromatic amines is 1. The molecule has 0 atom stereocenters. The van der Waals surface area contributed by atoms with Crippen LogP contribution in [0.1, 0.15) is 17.1 Å². The smallest absolute Gasteiger partial charge is 0.255 e. The van der Waals surface area contributed by atoms with Crippen molar-refractivity contribution in [3.05, 3.63) is 52.3 Å². The van der Waals surface area contributed by atoms with Crippen LogP contribution in [0.2, 0.25) is 0 Å². The lowest BCUT2D eigenvalue weighted by Crippen LogP contribution is -2.07. The molecule has 0 unspecified atom stereocenters. The Kier molecular flexibility index (Phi) is 3.44. The Balaban J connectivity index is 2.04. The minimum Gasteiger partial charge on any atom is -0.255 e. The van der Waals surface area contributed by atoms with Crippen molar-refractivity contribution in [2.45, 2.75) is 13.8 Å². The van der Waals surface area contributed by atoms with E-state index in [4.69, 9.17) is 12.2 Å². The van der Waals surface area contributed by atoms with Crippen LogP contribution in [0.3, 0.4) is 0 Å². The quantitative estimate of drug-likeness (QED) is 0.593. The molecule has 0 radical (unpaired) electrons. The first-order valence-electron chi connectivity index (χ1n) is 6.31. The van der Waals surface area contributed by atoms with Crippen molar-refractivity contribution in [2.75, 3.05) is 0 Å². The average Bonchev–Trinajstić information content (AvgIpc) is 3.00. The SMILES string of the molecule is Cc1cc(C)n(-c2n[nH]c(=S)n2/N=C\c2ccccn2)n1. The first-order valence-corrected chi connectivity index (χ1v) is 6.72. The molecular formula is C13H13N7S. The van der Waals surface area contributed by atoms with E-state index < -0.39 is 0 Å². The topological polar surface area (TPSA) is 76.7 Å². The molecule has 21 heavy (non-hydrogen) atoms. The third kappa shape index (κ3) is 2.65. The van der Waals surface area contributed by atoms with Gasteiger partial charge in [0.05, 0.1) is 17.6 Å². The Hall–Kier alpha value is -2.61. The van der Waals surface area contributed by atoms with Gasteiger partial charge in [0, 0.05) is 11.9 Å². The van der Waals surface area contributed by atoms with Crippen molar-refractivity contribution < 1.29 is 0 Å². The van der Waals surface area contributed by atoms with Gasteiger partial charge >= 0.3 is 0 Å². The van der Waals surface area contributed by atoms with Gasteiger partial charge in [0.15, 0.2) is 0 Å². The van der Waals surface area contributed by atoms with Gasteiger partial charge in [0.25, 0.3) is 5.95 Å². The highest BCUT2D eigenvalue weighted by atomic mass is 32.1. The molecule has 106 valence electrons. The summed E-state index contributed by atoms with van der Waals surface area (Å²) in [4.78, 5) is 4.18. The van der Waals surface area contributed by atoms with Gasteiger partial charge in [0.2, 0.25) is 4.77 Å². The molecule has 7 nitrogen and oxygen atoms in total. The molecule has 0 aliphatic carbocycles. The van der Waals surface area contributed by atoms with E-state index in [9.17, 15) is 0 Å². The number of H-pyrrole nitrogens is 1. The molecule has 0 aliphatic rings. The van der Waals surface area contributed by atoms with Gasteiger partial charge in [-0.1, -0.05) is 6.07 Å². The van der Waals surface area contributed by atoms with Crippen molar-refractivity contribution in [1.82, 2.24) is 29.6 Å². The number of nitrogens with zero attached hydrogens (tertiary/aromatic N) is 6. The highest BCUT2D eigenvalue weighted by molar-refractivity contribution is 7.71. The largest absolute Gasteiger partial charge is 0.271 e.